The van der Waals surface area contributed by atoms with Crippen LogP contribution in [0.25, 0.3) is 22.0 Å². The standard InChI is InChI=1S/C14H9F3N4O.C5H10O2/c15-14(16,17)7-1-2-9(11(22)5-7)12-8-3-4-19-6-10(8)13(18)21-20-12;6-4-5(7)2-1-3-5/h1-6,22H,(H2,18,21);6-7H,1-4H2. The minimum absolute atomic E-state index is 0.0625. The Labute approximate surface area is 163 Å². The van der Waals surface area contributed by atoms with Gasteiger partial charge in [-0.25, -0.2) is 0 Å². The smallest absolute Gasteiger partial charge is 0.416 e. The number of halogens is 3. The average molecular weight is 408 g/mol. The Morgan fingerprint density at radius 2 is 1.83 bits per heavy atom. The molecule has 1 fully saturated rings. The molecular weight excluding hydrogens is 389 g/mol. The normalized spacial score (nSPS) is 15.3. The van der Waals surface area contributed by atoms with Crippen molar-refractivity contribution >= 4 is 16.6 Å². The molecule has 7 nitrogen and oxygen atoms in total. The number of aliphatic hydroxyl groups excluding tert-OH is 1. The van der Waals surface area contributed by atoms with Crippen molar-refractivity contribution in [2.45, 2.75) is 31.0 Å². The molecule has 4 rings (SSSR count). The molecule has 0 radical (unpaired) electrons. The second-order valence-corrected chi connectivity index (χ2v) is 6.82. The van der Waals surface area contributed by atoms with Crippen molar-refractivity contribution in [1.29, 1.82) is 0 Å². The van der Waals surface area contributed by atoms with Crippen LogP contribution in [-0.2, 0) is 6.18 Å². The van der Waals surface area contributed by atoms with E-state index in [1.165, 1.54) is 12.4 Å². The maximum Gasteiger partial charge on any atom is 0.416 e. The summed E-state index contributed by atoms with van der Waals surface area (Å²) >= 11 is 0. The Morgan fingerprint density at radius 1 is 1.10 bits per heavy atom. The predicted octanol–water partition coefficient (Wildman–Crippen LogP) is 2.89. The summed E-state index contributed by atoms with van der Waals surface area (Å²) in [4.78, 5) is 3.92. The number of hydrogen-bond acceptors (Lipinski definition) is 7. The molecule has 0 bridgehead atoms. The van der Waals surface area contributed by atoms with Crippen LogP contribution in [-0.4, -0.2) is 42.7 Å². The lowest BCUT2D eigenvalue weighted by atomic mass is 9.81. The summed E-state index contributed by atoms with van der Waals surface area (Å²) in [6.07, 6.45) is 1.07. The highest BCUT2D eigenvalue weighted by Gasteiger charge is 2.33. The van der Waals surface area contributed by atoms with Gasteiger partial charge in [0.2, 0.25) is 0 Å². The Bertz CT molecular complexity index is 1020. The van der Waals surface area contributed by atoms with E-state index in [0.717, 1.165) is 31.4 Å². The third-order valence-corrected chi connectivity index (χ3v) is 4.77. The number of rotatable bonds is 2. The number of phenolic OH excluding ortho intramolecular Hbond substituents is 1. The van der Waals surface area contributed by atoms with Crippen LogP contribution in [0.1, 0.15) is 24.8 Å². The summed E-state index contributed by atoms with van der Waals surface area (Å²) in [7, 11) is 0. The fourth-order valence-electron chi connectivity index (χ4n) is 2.87. The maximum atomic E-state index is 12.6. The van der Waals surface area contributed by atoms with Crippen LogP contribution in [0, 0.1) is 0 Å². The van der Waals surface area contributed by atoms with Gasteiger partial charge in [-0.3, -0.25) is 4.98 Å². The number of aromatic hydroxyl groups is 1. The molecule has 2 aromatic heterocycles. The molecular formula is C19H19F3N4O3. The molecule has 1 saturated carbocycles. The van der Waals surface area contributed by atoms with Crippen LogP contribution in [0.2, 0.25) is 0 Å². The molecule has 0 spiro atoms. The van der Waals surface area contributed by atoms with E-state index in [4.69, 9.17) is 15.9 Å². The van der Waals surface area contributed by atoms with Gasteiger partial charge in [0, 0.05) is 28.7 Å². The van der Waals surface area contributed by atoms with Crippen LogP contribution in [0.5, 0.6) is 5.75 Å². The molecule has 10 heteroatoms. The fourth-order valence-corrected chi connectivity index (χ4v) is 2.87. The number of nitrogens with zero attached hydrogens (tertiary/aromatic N) is 3. The Kier molecular flexibility index (Phi) is 5.58. The van der Waals surface area contributed by atoms with Gasteiger partial charge in [0.25, 0.3) is 0 Å². The van der Waals surface area contributed by atoms with Crippen molar-refractivity contribution in [3.8, 4) is 17.0 Å². The van der Waals surface area contributed by atoms with Crippen molar-refractivity contribution in [1.82, 2.24) is 15.2 Å². The molecule has 154 valence electrons. The number of benzene rings is 1. The van der Waals surface area contributed by atoms with Crippen LogP contribution in [0.4, 0.5) is 19.0 Å². The molecule has 0 amide bonds. The molecule has 0 aliphatic heterocycles. The monoisotopic (exact) mass is 408 g/mol. The van der Waals surface area contributed by atoms with E-state index in [1.54, 1.807) is 6.07 Å². The van der Waals surface area contributed by atoms with E-state index < -0.39 is 23.1 Å². The van der Waals surface area contributed by atoms with Gasteiger partial charge in [-0.1, -0.05) is 0 Å². The van der Waals surface area contributed by atoms with Gasteiger partial charge in [-0.15, -0.1) is 10.2 Å². The largest absolute Gasteiger partial charge is 0.507 e. The van der Waals surface area contributed by atoms with Crippen molar-refractivity contribution in [2.75, 3.05) is 12.3 Å². The minimum Gasteiger partial charge on any atom is -0.507 e. The predicted molar refractivity (Wildman–Crippen MR) is 99.7 cm³/mol. The first-order valence-electron chi connectivity index (χ1n) is 8.74. The number of hydrogen-bond donors (Lipinski definition) is 4. The van der Waals surface area contributed by atoms with Crippen molar-refractivity contribution in [3.63, 3.8) is 0 Å². The molecule has 0 unspecified atom stereocenters. The molecule has 0 atom stereocenters. The van der Waals surface area contributed by atoms with Crippen molar-refractivity contribution < 1.29 is 28.5 Å². The van der Waals surface area contributed by atoms with Gasteiger partial charge < -0.3 is 21.1 Å². The number of aliphatic hydroxyl groups is 2. The lowest BCUT2D eigenvalue weighted by Gasteiger charge is -2.34. The molecule has 1 aliphatic carbocycles. The van der Waals surface area contributed by atoms with Gasteiger partial charge in [0.15, 0.2) is 5.82 Å². The quantitative estimate of drug-likeness (QED) is 0.514. The second kappa shape index (κ2) is 7.80. The van der Waals surface area contributed by atoms with E-state index in [1.807, 2.05) is 0 Å². The van der Waals surface area contributed by atoms with Crippen LogP contribution in [0.3, 0.4) is 0 Å². The highest BCUT2D eigenvalue weighted by atomic mass is 19.4. The number of pyridine rings is 1. The first-order chi connectivity index (χ1) is 13.6. The first-order valence-corrected chi connectivity index (χ1v) is 8.74. The number of alkyl halides is 3. The third-order valence-electron chi connectivity index (χ3n) is 4.77. The topological polar surface area (TPSA) is 125 Å². The maximum absolute atomic E-state index is 12.6. The van der Waals surface area contributed by atoms with E-state index in [2.05, 4.69) is 15.2 Å². The molecule has 5 N–H and O–H groups in total. The average Bonchev–Trinajstić information content (AvgIpc) is 2.67. The number of fused-ring (bicyclic) bond motifs is 1. The van der Waals surface area contributed by atoms with Gasteiger partial charge in [-0.2, -0.15) is 13.2 Å². The second-order valence-electron chi connectivity index (χ2n) is 6.82. The van der Waals surface area contributed by atoms with Gasteiger partial charge in [-0.05, 0) is 43.5 Å². The summed E-state index contributed by atoms with van der Waals surface area (Å²) in [6, 6.07) is 4.28. The number of nitrogen functional groups attached to an aromatic ring is 1. The Hall–Kier alpha value is -2.98. The number of aromatic nitrogens is 3. The number of nitrogens with two attached hydrogens (primary N) is 1. The number of anilines is 1. The molecule has 29 heavy (non-hydrogen) atoms. The summed E-state index contributed by atoms with van der Waals surface area (Å²) in [5.74, 6) is -0.384. The Balaban J connectivity index is 0.000000290. The summed E-state index contributed by atoms with van der Waals surface area (Å²) in [6.45, 7) is -0.0625. The lowest BCUT2D eigenvalue weighted by molar-refractivity contribution is -0.137. The highest BCUT2D eigenvalue weighted by molar-refractivity contribution is 5.99. The lowest BCUT2D eigenvalue weighted by Crippen LogP contribution is -2.40. The molecule has 2 heterocycles. The zero-order valence-electron chi connectivity index (χ0n) is 15.2. The van der Waals surface area contributed by atoms with Gasteiger partial charge in [0.05, 0.1) is 17.8 Å². The minimum atomic E-state index is -4.53. The third kappa shape index (κ3) is 4.38. The van der Waals surface area contributed by atoms with E-state index >= 15 is 0 Å². The molecule has 0 saturated heterocycles. The van der Waals surface area contributed by atoms with Crippen LogP contribution >= 0.6 is 0 Å². The number of phenols is 1. The fraction of sp³-hybridized carbons (Fsp3) is 0.316. The summed E-state index contributed by atoms with van der Waals surface area (Å²) in [5.41, 5.74) is 4.45. The zero-order chi connectivity index (χ0) is 21.2. The molecule has 3 aromatic rings. The first kappa shape index (κ1) is 20.7. The summed E-state index contributed by atoms with van der Waals surface area (Å²) < 4.78 is 37.9. The van der Waals surface area contributed by atoms with Crippen molar-refractivity contribution in [2.24, 2.45) is 0 Å². The molecule has 1 aromatic carbocycles. The van der Waals surface area contributed by atoms with Gasteiger partial charge in [0.1, 0.15) is 11.4 Å². The van der Waals surface area contributed by atoms with E-state index in [0.29, 0.717) is 16.8 Å². The highest BCUT2D eigenvalue weighted by Crippen LogP contribution is 2.38. The van der Waals surface area contributed by atoms with E-state index in [9.17, 15) is 18.3 Å². The van der Waals surface area contributed by atoms with Crippen LogP contribution in [0.15, 0.2) is 36.7 Å². The summed E-state index contributed by atoms with van der Waals surface area (Å²) in [5, 5.41) is 36.0. The van der Waals surface area contributed by atoms with E-state index in [-0.39, 0.29) is 23.7 Å². The SMILES string of the molecule is Nc1nnc(-c2ccc(C(F)(F)F)cc2O)c2ccncc12.OCC1(O)CCC1. The van der Waals surface area contributed by atoms with Crippen molar-refractivity contribution in [3.05, 3.63) is 42.2 Å². The zero-order valence-corrected chi connectivity index (χ0v) is 15.2. The Morgan fingerprint density at radius 3 is 2.34 bits per heavy atom. The van der Waals surface area contributed by atoms with Gasteiger partial charge >= 0.3 is 6.18 Å². The molecule has 1 aliphatic rings. The van der Waals surface area contributed by atoms with Crippen LogP contribution < -0.4 is 5.73 Å².